The molecule has 2 N–H and O–H groups in total. The monoisotopic (exact) mass is 250 g/mol. The molecule has 0 heterocycles. The molecule has 0 aliphatic carbocycles. The number of carbonyl (C=O) groups is 1. The molecule has 0 saturated carbocycles. The number of hydrogen-bond acceptors (Lipinski definition) is 4. The maximum Gasteiger partial charge on any atom is 1.00 e. The molecule has 0 aromatic rings. The Bertz CT molecular complexity index is 230. The fraction of sp³-hybridized carbons (Fsp3) is 0.500. The second-order valence-electron chi connectivity index (χ2n) is 2.05. The molecule has 6 nitrogen and oxygen atoms in total. The van der Waals surface area contributed by atoms with Crippen molar-refractivity contribution in [3.05, 3.63) is 12.7 Å². The van der Waals surface area contributed by atoms with Crippen LogP contribution in [-0.2, 0) is 18.6 Å². The molecule has 0 aliphatic rings. The molecular weight excluding hydrogens is 238 g/mol. The maximum atomic E-state index is 10.4. The summed E-state index contributed by atoms with van der Waals surface area (Å²) in [6.45, 7) is 3.06. The predicted octanol–water partition coefficient (Wildman–Crippen LogP) is -2.67. The van der Waals surface area contributed by atoms with Gasteiger partial charge in [0.25, 0.3) is 0 Å². The molecule has 0 aliphatic heterocycles. The van der Waals surface area contributed by atoms with Crippen molar-refractivity contribution in [2.45, 2.75) is 6.42 Å². The first-order valence-electron chi connectivity index (χ1n) is 3.45. The topological polar surface area (TPSA) is 93.1 Å². The minimum atomic E-state index is -4.40. The van der Waals surface area contributed by atoms with Gasteiger partial charge in [-0.25, -0.2) is 9.36 Å². The van der Waals surface area contributed by atoms with Gasteiger partial charge in [-0.3, -0.25) is 4.52 Å². The Balaban J connectivity index is -0.000000720. The van der Waals surface area contributed by atoms with E-state index in [1.807, 2.05) is 0 Å². The molecule has 8 heteroatoms. The van der Waals surface area contributed by atoms with Crippen LogP contribution in [0.1, 0.15) is 7.85 Å². The molecule has 78 valence electrons. The average Bonchev–Trinajstić information content (AvgIpc) is 2.01. The molecular formula is C6H12KO6P. The minimum Gasteiger partial charge on any atom is -1.00 e. The Labute approximate surface area is 126 Å². The second-order valence-corrected chi connectivity index (χ2v) is 3.29. The number of carbonyl (C=O) groups excluding carboxylic acids is 1. The third-order valence-corrected chi connectivity index (χ3v) is 1.48. The number of hydrogen-bond donors (Lipinski definition) is 2. The molecule has 0 rings (SSSR count). The summed E-state index contributed by atoms with van der Waals surface area (Å²) in [5.74, 6) is -0.573. The largest absolute Gasteiger partial charge is 1.00 e. The molecule has 0 bridgehead atoms. The SMILES string of the molecule is C=CC(=O)OCCCOP(=O)(O)O.[H-].[K+]. The first-order chi connectivity index (χ1) is 5.95. The van der Waals surface area contributed by atoms with E-state index in [2.05, 4.69) is 15.8 Å². The van der Waals surface area contributed by atoms with E-state index in [0.717, 1.165) is 6.08 Å². The van der Waals surface area contributed by atoms with Crippen LogP contribution in [0.4, 0.5) is 0 Å². The van der Waals surface area contributed by atoms with Crippen LogP contribution in [0.5, 0.6) is 0 Å². The third kappa shape index (κ3) is 13.0. The van der Waals surface area contributed by atoms with E-state index < -0.39 is 13.8 Å². The van der Waals surface area contributed by atoms with Gasteiger partial charge in [-0.2, -0.15) is 0 Å². The van der Waals surface area contributed by atoms with Crippen molar-refractivity contribution in [1.82, 2.24) is 0 Å². The van der Waals surface area contributed by atoms with Crippen LogP contribution in [-0.4, -0.2) is 29.0 Å². The van der Waals surface area contributed by atoms with Crippen LogP contribution in [0, 0.1) is 0 Å². The molecule has 14 heavy (non-hydrogen) atoms. The average molecular weight is 250 g/mol. The van der Waals surface area contributed by atoms with Gasteiger partial charge in [-0.1, -0.05) is 6.58 Å². The summed E-state index contributed by atoms with van der Waals surface area (Å²) >= 11 is 0. The molecule has 0 atom stereocenters. The van der Waals surface area contributed by atoms with Crippen molar-refractivity contribution in [3.63, 3.8) is 0 Å². The summed E-state index contributed by atoms with van der Waals surface area (Å²) in [6, 6.07) is 0. The molecule has 0 unspecified atom stereocenters. The van der Waals surface area contributed by atoms with Gasteiger partial charge in [0, 0.05) is 12.5 Å². The van der Waals surface area contributed by atoms with Gasteiger partial charge < -0.3 is 16.0 Å². The van der Waals surface area contributed by atoms with Gasteiger partial charge in [0.2, 0.25) is 0 Å². The van der Waals surface area contributed by atoms with Gasteiger partial charge in [-0.05, 0) is 0 Å². The zero-order chi connectivity index (χ0) is 10.3. The molecule has 0 aromatic carbocycles. The number of ether oxygens (including phenoxy) is 1. The number of phosphoric ester groups is 1. The van der Waals surface area contributed by atoms with Crippen LogP contribution in [0.3, 0.4) is 0 Å². The summed E-state index contributed by atoms with van der Waals surface area (Å²) in [5.41, 5.74) is 0. The van der Waals surface area contributed by atoms with Crippen molar-refractivity contribution in [1.29, 1.82) is 0 Å². The number of phosphoric acid groups is 1. The van der Waals surface area contributed by atoms with E-state index in [-0.39, 0.29) is 72.4 Å². The van der Waals surface area contributed by atoms with Crippen LogP contribution in [0.25, 0.3) is 0 Å². The maximum absolute atomic E-state index is 10.4. The third-order valence-electron chi connectivity index (χ3n) is 0.959. The fourth-order valence-corrected chi connectivity index (χ4v) is 0.841. The predicted molar refractivity (Wildman–Crippen MR) is 44.9 cm³/mol. The van der Waals surface area contributed by atoms with Gasteiger partial charge in [0.1, 0.15) is 0 Å². The van der Waals surface area contributed by atoms with Gasteiger partial charge in [0.15, 0.2) is 0 Å². The van der Waals surface area contributed by atoms with Crippen LogP contribution >= 0.6 is 7.82 Å². The number of esters is 1. The van der Waals surface area contributed by atoms with E-state index in [1.54, 1.807) is 0 Å². The summed E-state index contributed by atoms with van der Waals surface area (Å²) in [7, 11) is -4.40. The minimum absolute atomic E-state index is 0. The Kier molecular flexibility index (Phi) is 11.4. The molecule has 0 spiro atoms. The zero-order valence-electron chi connectivity index (χ0n) is 8.88. The molecule has 0 radical (unpaired) electrons. The molecule has 0 aromatic heterocycles. The Hall–Kier alpha value is 0.956. The van der Waals surface area contributed by atoms with Crippen molar-refractivity contribution < 1.29 is 81.2 Å². The van der Waals surface area contributed by atoms with E-state index in [9.17, 15) is 9.36 Å². The van der Waals surface area contributed by atoms with E-state index >= 15 is 0 Å². The van der Waals surface area contributed by atoms with Crippen molar-refractivity contribution in [2.75, 3.05) is 13.2 Å². The fourth-order valence-electron chi connectivity index (χ4n) is 0.474. The van der Waals surface area contributed by atoms with Gasteiger partial charge in [-0.15, -0.1) is 0 Å². The molecule has 0 amide bonds. The first kappa shape index (κ1) is 17.4. The Morgan fingerprint density at radius 1 is 1.50 bits per heavy atom. The Morgan fingerprint density at radius 3 is 2.50 bits per heavy atom. The van der Waals surface area contributed by atoms with Crippen molar-refractivity contribution in [3.8, 4) is 0 Å². The van der Waals surface area contributed by atoms with Gasteiger partial charge in [0.05, 0.1) is 13.2 Å². The second kappa shape index (κ2) is 9.20. The van der Waals surface area contributed by atoms with Crippen LogP contribution in [0.15, 0.2) is 12.7 Å². The first-order valence-corrected chi connectivity index (χ1v) is 4.98. The van der Waals surface area contributed by atoms with Crippen molar-refractivity contribution in [2.24, 2.45) is 0 Å². The molecule has 0 fully saturated rings. The van der Waals surface area contributed by atoms with Crippen LogP contribution in [0.2, 0.25) is 0 Å². The summed E-state index contributed by atoms with van der Waals surface area (Å²) < 4.78 is 18.7. The summed E-state index contributed by atoms with van der Waals surface area (Å²) in [4.78, 5) is 26.9. The smallest absolute Gasteiger partial charge is 1.00 e. The van der Waals surface area contributed by atoms with Gasteiger partial charge >= 0.3 is 65.2 Å². The normalized spacial score (nSPS) is 10.1. The number of rotatable bonds is 6. The molecule has 0 saturated heterocycles. The summed E-state index contributed by atoms with van der Waals surface area (Å²) in [5, 5.41) is 0. The van der Waals surface area contributed by atoms with E-state index in [0.29, 0.717) is 0 Å². The quantitative estimate of drug-likeness (QED) is 0.176. The standard InChI is InChI=1S/C6H11O6P.K.H/c1-2-6(7)11-4-3-5-12-13(8,9)10;;/h2H,1,3-5H2,(H2,8,9,10);;/q;+1;-1. The Morgan fingerprint density at radius 2 is 2.07 bits per heavy atom. The van der Waals surface area contributed by atoms with E-state index in [1.165, 1.54) is 0 Å². The summed E-state index contributed by atoms with van der Waals surface area (Å²) in [6.07, 6.45) is 1.23. The van der Waals surface area contributed by atoms with E-state index in [4.69, 9.17) is 9.79 Å². The van der Waals surface area contributed by atoms with Crippen LogP contribution < -0.4 is 51.4 Å². The zero-order valence-corrected chi connectivity index (χ0v) is 11.9. The van der Waals surface area contributed by atoms with Crippen molar-refractivity contribution >= 4 is 13.8 Å².